The third-order valence-electron chi connectivity index (χ3n) is 8.56. The molecule has 0 bridgehead atoms. The van der Waals surface area contributed by atoms with Gasteiger partial charge in [0.05, 0.1) is 16.8 Å². The van der Waals surface area contributed by atoms with Crippen molar-refractivity contribution in [2.24, 2.45) is 0 Å². The van der Waals surface area contributed by atoms with Gasteiger partial charge in [0, 0.05) is 39.8 Å². The smallest absolute Gasteiger partial charge is 0.336 e. The van der Waals surface area contributed by atoms with Crippen molar-refractivity contribution in [3.63, 3.8) is 0 Å². The number of rotatable bonds is 13. The van der Waals surface area contributed by atoms with Crippen LogP contribution in [0.25, 0.3) is 16.9 Å². The molecule has 0 saturated carbocycles. The number of carbonyl (C=O) groups excluding carboxylic acids is 2. The van der Waals surface area contributed by atoms with Crippen LogP contribution in [0.2, 0.25) is 10.0 Å². The Kier molecular flexibility index (Phi) is 13.6. The fraction of sp³-hybridized carbons (Fsp3) is 0.159. The van der Waals surface area contributed by atoms with Gasteiger partial charge in [0.2, 0.25) is 0 Å². The summed E-state index contributed by atoms with van der Waals surface area (Å²) >= 11 is 12.3. The lowest BCUT2D eigenvalue weighted by atomic mass is 10.0. The van der Waals surface area contributed by atoms with Crippen LogP contribution in [-0.4, -0.2) is 27.2 Å². The van der Waals surface area contributed by atoms with Crippen LogP contribution in [0.5, 0.6) is 11.5 Å². The molecule has 0 unspecified atom stereocenters. The molecule has 0 aliphatic carbocycles. The van der Waals surface area contributed by atoms with Crippen molar-refractivity contribution in [3.8, 4) is 28.4 Å². The molecular weight excluding hydrogens is 747 g/mol. The number of ether oxygens (including phenoxy) is 2. The first-order chi connectivity index (χ1) is 26.3. The van der Waals surface area contributed by atoms with Crippen molar-refractivity contribution >= 4 is 40.7 Å². The van der Waals surface area contributed by atoms with Gasteiger partial charge < -0.3 is 23.9 Å². The number of aromatic carboxylic acids is 1. The van der Waals surface area contributed by atoms with Gasteiger partial charge in [-0.3, -0.25) is 4.79 Å². The number of nitrogens with zero attached hydrogens (tertiary/aromatic N) is 1. The molecular formula is C44H37Cl2F2NO6. The molecule has 0 atom stereocenters. The van der Waals surface area contributed by atoms with E-state index < -0.39 is 5.97 Å². The Morgan fingerprint density at radius 1 is 0.655 bits per heavy atom. The largest absolute Gasteiger partial charge is 0.488 e. The molecule has 0 aliphatic rings. The molecule has 55 heavy (non-hydrogen) atoms. The maximum atomic E-state index is 13.2. The first kappa shape index (κ1) is 40.4. The summed E-state index contributed by atoms with van der Waals surface area (Å²) in [4.78, 5) is 34.9. The number of hydrogen-bond donors (Lipinski definition) is 1. The second kappa shape index (κ2) is 18.5. The zero-order chi connectivity index (χ0) is 39.6. The summed E-state index contributed by atoms with van der Waals surface area (Å²) in [5.41, 5.74) is 6.16. The highest BCUT2D eigenvalue weighted by atomic mass is 35.5. The lowest BCUT2D eigenvalue weighted by Gasteiger charge is -2.17. The van der Waals surface area contributed by atoms with E-state index in [2.05, 4.69) is 0 Å². The van der Waals surface area contributed by atoms with E-state index in [1.807, 2.05) is 35.8 Å². The van der Waals surface area contributed by atoms with Crippen molar-refractivity contribution in [3.05, 3.63) is 170 Å². The first-order valence-electron chi connectivity index (χ1n) is 17.2. The van der Waals surface area contributed by atoms with Crippen LogP contribution in [0.15, 0.2) is 115 Å². The summed E-state index contributed by atoms with van der Waals surface area (Å²) in [6, 6.07) is 31.5. The maximum absolute atomic E-state index is 13.2. The lowest BCUT2D eigenvalue weighted by Crippen LogP contribution is -2.06. The van der Waals surface area contributed by atoms with Gasteiger partial charge >= 0.3 is 5.97 Å². The third-order valence-corrected chi connectivity index (χ3v) is 9.03. The predicted molar refractivity (Wildman–Crippen MR) is 210 cm³/mol. The van der Waals surface area contributed by atoms with Crippen molar-refractivity contribution in [2.75, 3.05) is 0 Å². The predicted octanol–water partition coefficient (Wildman–Crippen LogP) is 11.4. The first-order valence-corrected chi connectivity index (χ1v) is 17.9. The summed E-state index contributed by atoms with van der Waals surface area (Å²) in [6.07, 6.45) is 0.297. The van der Waals surface area contributed by atoms with Gasteiger partial charge in [-0.2, -0.15) is 0 Å². The van der Waals surface area contributed by atoms with Crippen molar-refractivity contribution in [2.45, 2.75) is 46.8 Å². The van der Waals surface area contributed by atoms with E-state index in [0.29, 0.717) is 32.7 Å². The van der Waals surface area contributed by atoms with Crippen LogP contribution in [-0.2, 0) is 18.0 Å². The molecule has 6 aromatic rings. The normalized spacial score (nSPS) is 10.7. The average Bonchev–Trinajstić information content (AvgIpc) is 3.55. The molecule has 0 spiro atoms. The Labute approximate surface area is 327 Å². The van der Waals surface area contributed by atoms with Crippen molar-refractivity contribution < 1.29 is 37.7 Å². The summed E-state index contributed by atoms with van der Waals surface area (Å²) in [7, 11) is 0. The molecule has 5 aromatic carbocycles. The fourth-order valence-electron chi connectivity index (χ4n) is 5.65. The number of halogens is 4. The van der Waals surface area contributed by atoms with Crippen LogP contribution in [0.3, 0.4) is 0 Å². The van der Waals surface area contributed by atoms with Gasteiger partial charge in [0.1, 0.15) is 42.1 Å². The van der Waals surface area contributed by atoms with E-state index in [9.17, 15) is 28.3 Å². The van der Waals surface area contributed by atoms with E-state index >= 15 is 0 Å². The van der Waals surface area contributed by atoms with Gasteiger partial charge in [0.25, 0.3) is 0 Å². The van der Waals surface area contributed by atoms with Gasteiger partial charge in [-0.25, -0.2) is 13.6 Å². The monoisotopic (exact) mass is 783 g/mol. The molecule has 6 rings (SSSR count). The molecule has 0 amide bonds. The van der Waals surface area contributed by atoms with Crippen LogP contribution in [0.1, 0.15) is 62.9 Å². The molecule has 0 radical (unpaired) electrons. The lowest BCUT2D eigenvalue weighted by molar-refractivity contribution is -0.117. The molecule has 7 nitrogen and oxygen atoms in total. The zero-order valence-corrected chi connectivity index (χ0v) is 31.8. The Morgan fingerprint density at radius 3 is 1.80 bits per heavy atom. The van der Waals surface area contributed by atoms with Gasteiger partial charge in [0.15, 0.2) is 5.78 Å². The number of carboxylic acids is 1. The van der Waals surface area contributed by atoms with Crippen LogP contribution < -0.4 is 9.47 Å². The number of ketones is 2. The van der Waals surface area contributed by atoms with Gasteiger partial charge in [-0.15, -0.1) is 0 Å². The molecule has 1 aromatic heterocycles. The number of Topliss-reactive ketones (excluding diaryl/α,β-unsaturated/α-hetero) is 2. The fourth-order valence-corrected chi connectivity index (χ4v) is 6.00. The topological polar surface area (TPSA) is 94.8 Å². The van der Waals surface area contributed by atoms with Gasteiger partial charge in [-0.05, 0) is 122 Å². The van der Waals surface area contributed by atoms with Crippen LogP contribution in [0, 0.1) is 25.5 Å². The minimum Gasteiger partial charge on any atom is -0.488 e. The molecule has 1 N–H and O–H groups in total. The zero-order valence-electron chi connectivity index (χ0n) is 30.2. The van der Waals surface area contributed by atoms with E-state index in [-0.39, 0.29) is 54.8 Å². The molecule has 282 valence electrons. The Bertz CT molecular complexity index is 2320. The number of hydrogen-bond acceptors (Lipinski definition) is 5. The highest BCUT2D eigenvalue weighted by molar-refractivity contribution is 6.31. The molecule has 1 heterocycles. The minimum absolute atomic E-state index is 0.0471. The number of aryl methyl sites for hydroxylation is 2. The van der Waals surface area contributed by atoms with Crippen LogP contribution in [0.4, 0.5) is 8.78 Å². The molecule has 0 saturated heterocycles. The summed E-state index contributed by atoms with van der Waals surface area (Å²) in [5.74, 6) is -0.822. The highest BCUT2D eigenvalue weighted by Gasteiger charge is 2.18. The number of benzene rings is 5. The second-order valence-electron chi connectivity index (χ2n) is 12.7. The number of carbonyl (C=O) groups is 3. The highest BCUT2D eigenvalue weighted by Crippen LogP contribution is 2.36. The van der Waals surface area contributed by atoms with Crippen molar-refractivity contribution in [1.82, 2.24) is 4.57 Å². The van der Waals surface area contributed by atoms with Crippen molar-refractivity contribution in [1.29, 1.82) is 0 Å². The van der Waals surface area contributed by atoms with Gasteiger partial charge in [-0.1, -0.05) is 53.5 Å². The van der Waals surface area contributed by atoms with E-state index in [1.54, 1.807) is 67.6 Å². The minimum atomic E-state index is -0.971. The third kappa shape index (κ3) is 10.9. The SMILES string of the molecule is CC(=O)CCC(=O)c1cc(Cl)ccc1OCc1ccc(F)cc1.Cc1ccc(-n2c(C)ccc2-c2cc(Cl)ccc2OCc2ccc(F)cc2)cc1C(=O)O. The van der Waals surface area contributed by atoms with E-state index in [4.69, 9.17) is 32.7 Å². The Morgan fingerprint density at radius 2 is 1.22 bits per heavy atom. The maximum Gasteiger partial charge on any atom is 0.336 e. The summed E-state index contributed by atoms with van der Waals surface area (Å²) in [6.45, 7) is 5.64. The van der Waals surface area contributed by atoms with Crippen LogP contribution >= 0.6 is 23.2 Å². The quantitative estimate of drug-likeness (QED) is 0.117. The average molecular weight is 785 g/mol. The van der Waals surface area contributed by atoms with E-state index in [1.165, 1.54) is 37.3 Å². The second-order valence-corrected chi connectivity index (χ2v) is 13.6. The Hall–Kier alpha value is -5.77. The standard InChI is InChI=1S/C26H21ClFNO3.C18H16ClFO3/c1-16-3-10-21(14-22(16)26(30)31)29-17(2)4-11-24(29)23-13-19(27)7-12-25(23)32-15-18-5-8-20(28)9-6-18;1-12(21)2-8-17(22)16-10-14(19)5-9-18(16)23-11-13-3-6-15(20)7-4-13/h3-14H,15H2,1-2H3,(H,30,31);3-7,9-10H,2,8,11H2,1H3. The molecule has 0 fully saturated rings. The van der Waals surface area contributed by atoms with E-state index in [0.717, 1.165) is 33.8 Å². The summed E-state index contributed by atoms with van der Waals surface area (Å²) < 4.78 is 39.8. The number of carboxylic acid groups (broad SMARTS) is 1. The summed E-state index contributed by atoms with van der Waals surface area (Å²) in [5, 5.41) is 10.5. The number of aromatic nitrogens is 1. The Balaban J connectivity index is 0.000000223. The molecule has 0 aliphatic heterocycles. The molecule has 11 heteroatoms.